The number of Topliss-reactive ketones (excluding diaryl/α,β-unsaturated/α-hetero) is 1. The van der Waals surface area contributed by atoms with Crippen LogP contribution in [-0.2, 0) is 4.74 Å². The number of ether oxygens (including phenoxy) is 2. The highest BCUT2D eigenvalue weighted by Gasteiger charge is 2.15. The Labute approximate surface area is 143 Å². The average molecular weight is 338 g/mol. The van der Waals surface area contributed by atoms with Crippen LogP contribution in [0, 0.1) is 5.82 Å². The number of hydrogen-bond donors (Lipinski definition) is 0. The van der Waals surface area contributed by atoms with Crippen LogP contribution in [0.25, 0.3) is 10.8 Å². The van der Waals surface area contributed by atoms with Crippen LogP contribution in [0.1, 0.15) is 20.7 Å². The molecule has 0 aromatic heterocycles. The third kappa shape index (κ3) is 3.66. The highest BCUT2D eigenvalue weighted by Crippen LogP contribution is 2.22. The number of methoxy groups -OCH3 is 1. The first-order valence-corrected chi connectivity index (χ1v) is 7.61. The van der Waals surface area contributed by atoms with Crippen molar-refractivity contribution in [1.82, 2.24) is 0 Å². The molecule has 0 fully saturated rings. The summed E-state index contributed by atoms with van der Waals surface area (Å²) in [5.74, 6) is -1.18. The molecule has 25 heavy (non-hydrogen) atoms. The maximum Gasteiger partial charge on any atom is 0.341 e. The number of rotatable bonds is 5. The smallest absolute Gasteiger partial charge is 0.341 e. The fourth-order valence-corrected chi connectivity index (χ4v) is 2.44. The third-order valence-corrected chi connectivity index (χ3v) is 3.80. The molecule has 0 atom stereocenters. The van der Waals surface area contributed by atoms with E-state index in [0.717, 1.165) is 22.6 Å². The van der Waals surface area contributed by atoms with E-state index in [9.17, 15) is 14.0 Å². The predicted molar refractivity (Wildman–Crippen MR) is 91.5 cm³/mol. The molecule has 3 rings (SSSR count). The summed E-state index contributed by atoms with van der Waals surface area (Å²) < 4.78 is 23.6. The van der Waals surface area contributed by atoms with E-state index in [1.165, 1.54) is 18.2 Å². The van der Waals surface area contributed by atoms with Crippen LogP contribution in [0.4, 0.5) is 4.39 Å². The Bertz CT molecular complexity index is 949. The number of fused-ring (bicyclic) bond motifs is 1. The van der Waals surface area contributed by atoms with Crippen molar-refractivity contribution in [3.05, 3.63) is 77.6 Å². The fraction of sp³-hybridized carbons (Fsp3) is 0.100. The van der Waals surface area contributed by atoms with Gasteiger partial charge in [-0.1, -0.05) is 30.3 Å². The van der Waals surface area contributed by atoms with Crippen molar-refractivity contribution in [2.24, 2.45) is 0 Å². The molecule has 0 aliphatic rings. The van der Waals surface area contributed by atoms with Crippen LogP contribution >= 0.6 is 0 Å². The van der Waals surface area contributed by atoms with E-state index in [1.807, 2.05) is 12.1 Å². The summed E-state index contributed by atoms with van der Waals surface area (Å²) in [6, 6.07) is 16.1. The van der Waals surface area contributed by atoms with Crippen LogP contribution in [-0.4, -0.2) is 25.5 Å². The quantitative estimate of drug-likeness (QED) is 0.521. The minimum Gasteiger partial charge on any atom is -0.497 e. The summed E-state index contributed by atoms with van der Waals surface area (Å²) >= 11 is 0. The molecule has 0 amide bonds. The summed E-state index contributed by atoms with van der Waals surface area (Å²) in [5, 5.41) is 1.80. The number of ketones is 1. The zero-order valence-electron chi connectivity index (χ0n) is 13.5. The first kappa shape index (κ1) is 16.6. The Morgan fingerprint density at radius 3 is 2.44 bits per heavy atom. The van der Waals surface area contributed by atoms with Crippen molar-refractivity contribution < 1.29 is 23.5 Å². The van der Waals surface area contributed by atoms with Crippen molar-refractivity contribution in [2.75, 3.05) is 13.7 Å². The Balaban J connectivity index is 1.72. The van der Waals surface area contributed by atoms with Crippen LogP contribution in [0.5, 0.6) is 5.75 Å². The van der Waals surface area contributed by atoms with E-state index in [2.05, 4.69) is 0 Å². The summed E-state index contributed by atoms with van der Waals surface area (Å²) in [7, 11) is 1.59. The van der Waals surface area contributed by atoms with Gasteiger partial charge < -0.3 is 9.47 Å². The van der Waals surface area contributed by atoms with E-state index in [-0.39, 0.29) is 11.3 Å². The first-order valence-electron chi connectivity index (χ1n) is 7.61. The minimum atomic E-state index is -0.864. The lowest BCUT2D eigenvalue weighted by Crippen LogP contribution is -2.15. The van der Waals surface area contributed by atoms with Gasteiger partial charge in [-0.3, -0.25) is 4.79 Å². The van der Waals surface area contributed by atoms with Gasteiger partial charge in [-0.05, 0) is 41.1 Å². The molecule has 0 aliphatic carbocycles. The van der Waals surface area contributed by atoms with E-state index in [0.29, 0.717) is 5.56 Å². The molecule has 0 saturated carbocycles. The van der Waals surface area contributed by atoms with E-state index >= 15 is 0 Å². The zero-order chi connectivity index (χ0) is 17.8. The van der Waals surface area contributed by atoms with E-state index in [4.69, 9.17) is 9.47 Å². The molecule has 0 spiro atoms. The summed E-state index contributed by atoms with van der Waals surface area (Å²) in [5.41, 5.74) is 0.222. The Kier molecular flexibility index (Phi) is 4.75. The van der Waals surface area contributed by atoms with Crippen molar-refractivity contribution in [3.63, 3.8) is 0 Å². The normalized spacial score (nSPS) is 10.5. The first-order chi connectivity index (χ1) is 12.1. The van der Waals surface area contributed by atoms with Gasteiger partial charge in [0, 0.05) is 5.56 Å². The molecular formula is C20H15FO4. The molecule has 3 aromatic rings. The monoisotopic (exact) mass is 338 g/mol. The highest BCUT2D eigenvalue weighted by atomic mass is 19.1. The van der Waals surface area contributed by atoms with E-state index < -0.39 is 18.4 Å². The molecule has 0 aliphatic heterocycles. The van der Waals surface area contributed by atoms with Gasteiger partial charge in [-0.2, -0.15) is 0 Å². The second kappa shape index (κ2) is 7.13. The van der Waals surface area contributed by atoms with Gasteiger partial charge in [0.2, 0.25) is 0 Å². The Morgan fingerprint density at radius 2 is 1.68 bits per heavy atom. The predicted octanol–water partition coefficient (Wildman–Crippen LogP) is 4.03. The summed E-state index contributed by atoms with van der Waals surface area (Å²) in [6.45, 7) is -0.450. The number of hydrogen-bond acceptors (Lipinski definition) is 4. The molecular weight excluding hydrogens is 323 g/mol. The van der Waals surface area contributed by atoms with Crippen molar-refractivity contribution >= 4 is 22.5 Å². The number of benzene rings is 3. The highest BCUT2D eigenvalue weighted by molar-refractivity contribution is 6.02. The molecule has 126 valence electrons. The number of esters is 1. The van der Waals surface area contributed by atoms with Gasteiger partial charge in [-0.15, -0.1) is 0 Å². The van der Waals surface area contributed by atoms with Crippen LogP contribution in [0.3, 0.4) is 0 Å². The maximum atomic E-state index is 13.5. The Morgan fingerprint density at radius 1 is 0.960 bits per heavy atom. The lowest BCUT2D eigenvalue weighted by molar-refractivity contribution is 0.0470. The third-order valence-electron chi connectivity index (χ3n) is 3.80. The molecule has 0 unspecified atom stereocenters. The van der Waals surface area contributed by atoms with Crippen molar-refractivity contribution in [1.29, 1.82) is 0 Å². The number of halogens is 1. The zero-order valence-corrected chi connectivity index (χ0v) is 13.5. The fourth-order valence-electron chi connectivity index (χ4n) is 2.44. The van der Waals surface area contributed by atoms with Gasteiger partial charge in [0.25, 0.3) is 0 Å². The maximum absolute atomic E-state index is 13.5. The van der Waals surface area contributed by atoms with Gasteiger partial charge >= 0.3 is 5.97 Å². The SMILES string of the molecule is COc1ccc2cc(C(=O)COC(=O)c3ccccc3F)ccc2c1. The van der Waals surface area contributed by atoms with Crippen LogP contribution in [0.15, 0.2) is 60.7 Å². The molecule has 3 aromatic carbocycles. The summed E-state index contributed by atoms with van der Waals surface area (Å²) in [6.07, 6.45) is 0. The number of carbonyl (C=O) groups excluding carboxylic acids is 2. The lowest BCUT2D eigenvalue weighted by Gasteiger charge is -2.07. The largest absolute Gasteiger partial charge is 0.497 e. The molecule has 5 heteroatoms. The standard InChI is InChI=1S/C20H15FO4/c1-24-16-9-8-13-10-15(7-6-14(13)11-16)19(22)12-25-20(23)17-4-2-3-5-18(17)21/h2-11H,12H2,1H3. The van der Waals surface area contributed by atoms with E-state index in [1.54, 1.807) is 31.4 Å². The van der Waals surface area contributed by atoms with Crippen molar-refractivity contribution in [2.45, 2.75) is 0 Å². The minimum absolute atomic E-state index is 0.194. The second-order valence-electron chi connectivity index (χ2n) is 5.41. The van der Waals surface area contributed by atoms with Gasteiger partial charge in [0.05, 0.1) is 12.7 Å². The number of carbonyl (C=O) groups is 2. The van der Waals surface area contributed by atoms with Gasteiger partial charge in [-0.25, -0.2) is 9.18 Å². The molecule has 0 heterocycles. The summed E-state index contributed by atoms with van der Waals surface area (Å²) in [4.78, 5) is 24.1. The lowest BCUT2D eigenvalue weighted by atomic mass is 10.0. The average Bonchev–Trinajstić information content (AvgIpc) is 2.65. The molecule has 4 nitrogen and oxygen atoms in total. The molecule has 0 bridgehead atoms. The van der Waals surface area contributed by atoms with Gasteiger partial charge in [0.15, 0.2) is 12.4 Å². The topological polar surface area (TPSA) is 52.6 Å². The van der Waals surface area contributed by atoms with Crippen LogP contribution in [0.2, 0.25) is 0 Å². The Hall–Kier alpha value is -3.21. The van der Waals surface area contributed by atoms with Crippen LogP contribution < -0.4 is 4.74 Å². The second-order valence-corrected chi connectivity index (χ2v) is 5.41. The van der Waals surface area contributed by atoms with Gasteiger partial charge in [0.1, 0.15) is 11.6 Å². The van der Waals surface area contributed by atoms with Crippen molar-refractivity contribution in [3.8, 4) is 5.75 Å². The molecule has 0 saturated heterocycles. The molecule has 0 N–H and O–H groups in total. The molecule has 0 radical (unpaired) electrons.